The van der Waals surface area contributed by atoms with E-state index < -0.39 is 0 Å². The molecular weight excluding hydrogens is 326 g/mol. The number of pyridine rings is 1. The summed E-state index contributed by atoms with van der Waals surface area (Å²) in [4.78, 5) is 18.3. The first-order valence-electron chi connectivity index (χ1n) is 8.92. The minimum Gasteiger partial charge on any atom is -0.370 e. The number of carbonyl (C=O) groups is 1. The van der Waals surface area contributed by atoms with E-state index in [-0.39, 0.29) is 11.7 Å². The largest absolute Gasteiger partial charge is 0.370 e. The van der Waals surface area contributed by atoms with Crippen molar-refractivity contribution >= 4 is 17.2 Å². The van der Waals surface area contributed by atoms with Crippen molar-refractivity contribution in [1.82, 2.24) is 19.9 Å². The molecule has 6 heteroatoms. The Balaban J connectivity index is 0.000000278. The van der Waals surface area contributed by atoms with E-state index in [4.69, 9.17) is 0 Å². The van der Waals surface area contributed by atoms with Crippen LogP contribution in [0.15, 0.2) is 48.7 Å². The Labute approximate surface area is 153 Å². The normalized spacial score (nSPS) is 16.3. The monoisotopic (exact) mass is 351 g/mol. The number of amides is 1. The molecule has 0 saturated carbocycles. The lowest BCUT2D eigenvalue weighted by molar-refractivity contribution is 0.0953. The molecule has 0 bridgehead atoms. The van der Waals surface area contributed by atoms with Crippen LogP contribution >= 0.6 is 0 Å². The molecule has 1 atom stereocenters. The highest BCUT2D eigenvalue weighted by atomic mass is 16.2. The van der Waals surface area contributed by atoms with Crippen molar-refractivity contribution in [2.75, 3.05) is 25.0 Å². The Morgan fingerprint density at radius 3 is 2.38 bits per heavy atom. The Hall–Kier alpha value is -2.89. The average Bonchev–Trinajstić information content (AvgIpc) is 3.29. The van der Waals surface area contributed by atoms with Crippen molar-refractivity contribution in [3.05, 3.63) is 60.0 Å². The number of hydrogen-bond donors (Lipinski definition) is 1. The summed E-state index contributed by atoms with van der Waals surface area (Å²) in [5.74, 6) is 0.676. The molecule has 3 aromatic rings. The maximum Gasteiger partial charge on any atom is 0.290 e. The lowest BCUT2D eigenvalue weighted by atomic mass is 10.2. The van der Waals surface area contributed by atoms with Crippen LogP contribution in [0.5, 0.6) is 0 Å². The standard InChI is InChI=1S/C14H19N5O.C6H6/c1-9-4-5-18(7-9)11-6-10(2)13-16-12(14(20)15-3)17-19(13)8-11;1-2-4-6-5-3-1/h6,8-9H,4-5,7H2,1-3H3,(H,15,20);1-6H. The molecule has 0 radical (unpaired) electrons. The SMILES string of the molecule is CNC(=O)c1nc2c(C)cc(N3CCC(C)C3)cn2n1.c1ccccc1. The molecule has 1 aromatic carbocycles. The number of anilines is 1. The molecule has 1 aliphatic rings. The minimum atomic E-state index is -0.260. The van der Waals surface area contributed by atoms with Gasteiger partial charge in [-0.05, 0) is 30.9 Å². The topological polar surface area (TPSA) is 62.5 Å². The number of fused-ring (bicyclic) bond motifs is 1. The summed E-state index contributed by atoms with van der Waals surface area (Å²) in [7, 11) is 1.58. The third kappa shape index (κ3) is 4.02. The fraction of sp³-hybridized carbons (Fsp3) is 0.350. The predicted octanol–water partition coefficient (Wildman–Crippen LogP) is 2.93. The molecule has 0 spiro atoms. The maximum absolute atomic E-state index is 11.6. The van der Waals surface area contributed by atoms with Crippen LogP contribution < -0.4 is 10.2 Å². The summed E-state index contributed by atoms with van der Waals surface area (Å²) in [6.45, 7) is 6.41. The number of nitrogens with one attached hydrogen (secondary N) is 1. The predicted molar refractivity (Wildman–Crippen MR) is 104 cm³/mol. The second-order valence-electron chi connectivity index (χ2n) is 6.66. The van der Waals surface area contributed by atoms with Gasteiger partial charge in [0.2, 0.25) is 5.82 Å². The molecule has 1 unspecified atom stereocenters. The maximum atomic E-state index is 11.6. The number of nitrogens with zero attached hydrogens (tertiary/aromatic N) is 4. The third-order valence-corrected chi connectivity index (χ3v) is 4.49. The van der Waals surface area contributed by atoms with Crippen molar-refractivity contribution in [3.63, 3.8) is 0 Å². The van der Waals surface area contributed by atoms with Crippen molar-refractivity contribution in [3.8, 4) is 0 Å². The average molecular weight is 351 g/mol. The van der Waals surface area contributed by atoms with Crippen LogP contribution in [0.3, 0.4) is 0 Å². The first-order chi connectivity index (χ1) is 12.6. The van der Waals surface area contributed by atoms with Crippen LogP contribution in [-0.2, 0) is 0 Å². The molecule has 1 amide bonds. The molecule has 3 heterocycles. The summed E-state index contributed by atoms with van der Waals surface area (Å²) in [6.07, 6.45) is 3.18. The van der Waals surface area contributed by atoms with Crippen LogP contribution in [0.1, 0.15) is 29.5 Å². The molecular formula is C20H25N5O. The third-order valence-electron chi connectivity index (χ3n) is 4.49. The number of hydrogen-bond acceptors (Lipinski definition) is 4. The van der Waals surface area contributed by atoms with E-state index >= 15 is 0 Å². The van der Waals surface area contributed by atoms with Gasteiger partial charge in [-0.15, -0.1) is 5.10 Å². The van der Waals surface area contributed by atoms with Crippen LogP contribution in [0.4, 0.5) is 5.69 Å². The minimum absolute atomic E-state index is 0.211. The summed E-state index contributed by atoms with van der Waals surface area (Å²) in [6, 6.07) is 14.1. The van der Waals surface area contributed by atoms with E-state index in [0.29, 0.717) is 0 Å². The highest BCUT2D eigenvalue weighted by Gasteiger charge is 2.21. The van der Waals surface area contributed by atoms with Gasteiger partial charge in [0.05, 0.1) is 11.9 Å². The molecule has 26 heavy (non-hydrogen) atoms. The second-order valence-corrected chi connectivity index (χ2v) is 6.66. The van der Waals surface area contributed by atoms with E-state index in [1.54, 1.807) is 11.6 Å². The highest BCUT2D eigenvalue weighted by Crippen LogP contribution is 2.25. The van der Waals surface area contributed by atoms with Gasteiger partial charge in [0.25, 0.3) is 5.91 Å². The van der Waals surface area contributed by atoms with Crippen LogP contribution in [0.2, 0.25) is 0 Å². The van der Waals surface area contributed by atoms with Gasteiger partial charge >= 0.3 is 0 Å². The fourth-order valence-corrected chi connectivity index (χ4v) is 3.07. The Bertz CT molecular complexity index is 848. The Morgan fingerprint density at radius 1 is 1.19 bits per heavy atom. The van der Waals surface area contributed by atoms with Crippen molar-refractivity contribution in [2.24, 2.45) is 5.92 Å². The summed E-state index contributed by atoms with van der Waals surface area (Å²) >= 11 is 0. The van der Waals surface area contributed by atoms with Crippen molar-refractivity contribution in [1.29, 1.82) is 0 Å². The van der Waals surface area contributed by atoms with E-state index in [1.807, 2.05) is 49.5 Å². The van der Waals surface area contributed by atoms with Crippen molar-refractivity contribution < 1.29 is 4.79 Å². The highest BCUT2D eigenvalue weighted by molar-refractivity contribution is 5.90. The molecule has 1 saturated heterocycles. The van der Waals surface area contributed by atoms with Gasteiger partial charge in [0.15, 0.2) is 5.65 Å². The smallest absolute Gasteiger partial charge is 0.290 e. The first kappa shape index (κ1) is 17.9. The van der Waals surface area contributed by atoms with Gasteiger partial charge in [-0.25, -0.2) is 9.50 Å². The quantitative estimate of drug-likeness (QED) is 0.771. The van der Waals surface area contributed by atoms with Gasteiger partial charge in [0, 0.05) is 20.1 Å². The number of carbonyl (C=O) groups excluding carboxylic acids is 1. The summed E-state index contributed by atoms with van der Waals surface area (Å²) in [5.41, 5.74) is 2.91. The number of aryl methyl sites for hydroxylation is 1. The number of aromatic nitrogens is 3. The van der Waals surface area contributed by atoms with E-state index in [9.17, 15) is 4.79 Å². The zero-order valence-electron chi connectivity index (χ0n) is 15.5. The molecule has 1 N–H and O–H groups in total. The molecule has 2 aromatic heterocycles. The zero-order chi connectivity index (χ0) is 18.5. The molecule has 6 nitrogen and oxygen atoms in total. The van der Waals surface area contributed by atoms with E-state index in [0.717, 1.165) is 35.9 Å². The molecule has 1 aliphatic heterocycles. The molecule has 4 rings (SSSR count). The van der Waals surface area contributed by atoms with Gasteiger partial charge < -0.3 is 10.2 Å². The van der Waals surface area contributed by atoms with Gasteiger partial charge in [-0.3, -0.25) is 4.79 Å². The fourth-order valence-electron chi connectivity index (χ4n) is 3.07. The van der Waals surface area contributed by atoms with Crippen LogP contribution in [-0.4, -0.2) is 40.6 Å². The number of benzene rings is 1. The summed E-state index contributed by atoms with van der Waals surface area (Å²) in [5, 5.41) is 6.81. The molecule has 0 aliphatic carbocycles. The summed E-state index contributed by atoms with van der Waals surface area (Å²) < 4.78 is 1.71. The van der Waals surface area contributed by atoms with Crippen LogP contribution in [0, 0.1) is 12.8 Å². The lowest BCUT2D eigenvalue weighted by Gasteiger charge is -2.18. The van der Waals surface area contributed by atoms with E-state index in [1.165, 1.54) is 6.42 Å². The molecule has 1 fully saturated rings. The van der Waals surface area contributed by atoms with Crippen LogP contribution in [0.25, 0.3) is 5.65 Å². The second kappa shape index (κ2) is 7.99. The van der Waals surface area contributed by atoms with E-state index in [2.05, 4.69) is 33.3 Å². The zero-order valence-corrected chi connectivity index (χ0v) is 15.5. The first-order valence-corrected chi connectivity index (χ1v) is 8.92. The van der Waals surface area contributed by atoms with Gasteiger partial charge in [-0.1, -0.05) is 43.3 Å². The molecule has 136 valence electrons. The lowest BCUT2D eigenvalue weighted by Crippen LogP contribution is -2.20. The Kier molecular flexibility index (Phi) is 5.51. The van der Waals surface area contributed by atoms with Gasteiger partial charge in [-0.2, -0.15) is 0 Å². The van der Waals surface area contributed by atoms with Crippen molar-refractivity contribution in [2.45, 2.75) is 20.3 Å². The van der Waals surface area contributed by atoms with Gasteiger partial charge in [0.1, 0.15) is 0 Å². The Morgan fingerprint density at radius 2 is 1.85 bits per heavy atom. The number of rotatable bonds is 2.